The van der Waals surface area contributed by atoms with Gasteiger partial charge in [-0.05, 0) is 29.5 Å². The molecule has 0 heterocycles. The first kappa shape index (κ1) is 12.8. The Hall–Kier alpha value is -0.300. The summed E-state index contributed by atoms with van der Waals surface area (Å²) >= 11 is 8.97. The van der Waals surface area contributed by atoms with Crippen LogP contribution in [0.3, 0.4) is 0 Å². The van der Waals surface area contributed by atoms with Crippen molar-refractivity contribution in [2.75, 3.05) is 5.75 Å². The summed E-state index contributed by atoms with van der Waals surface area (Å²) in [4.78, 5) is 0. The van der Waals surface area contributed by atoms with Gasteiger partial charge < -0.3 is 0 Å². The lowest BCUT2D eigenvalue weighted by Gasteiger charge is -2.05. The molecule has 0 radical (unpaired) electrons. The van der Waals surface area contributed by atoms with Crippen LogP contribution in [0.5, 0.6) is 0 Å². The van der Waals surface area contributed by atoms with E-state index in [-0.39, 0.29) is 0 Å². The topological polar surface area (TPSA) is 23.8 Å². The van der Waals surface area contributed by atoms with Crippen molar-refractivity contribution in [1.29, 1.82) is 5.26 Å². The summed E-state index contributed by atoms with van der Waals surface area (Å²) in [6.07, 6.45) is 0. The maximum absolute atomic E-state index is 8.47. The van der Waals surface area contributed by atoms with Gasteiger partial charge >= 0.3 is 0 Å². The number of thioether (sulfide) groups is 2. The average molecular weight is 258 g/mol. The smallest absolute Gasteiger partial charge is 0.133 e. The van der Waals surface area contributed by atoms with E-state index in [0.29, 0.717) is 5.25 Å². The number of rotatable bonds is 5. The average Bonchev–Trinajstić information content (AvgIpc) is 2.21. The molecule has 1 nitrogen and oxygen atoms in total. The second-order valence-corrected chi connectivity index (χ2v) is 5.85. The lowest BCUT2D eigenvalue weighted by molar-refractivity contribution is 1.13. The fraction of sp³-hybridized carbons (Fsp3) is 0.364. The Balaban J connectivity index is 2.26. The van der Waals surface area contributed by atoms with Gasteiger partial charge in [-0.15, -0.1) is 0 Å². The lowest BCUT2D eigenvalue weighted by Crippen LogP contribution is -1.98. The minimum Gasteiger partial charge on any atom is -0.185 e. The second kappa shape index (κ2) is 7.05. The van der Waals surface area contributed by atoms with E-state index in [9.17, 15) is 0 Å². The molecule has 0 aliphatic heterocycles. The summed E-state index contributed by atoms with van der Waals surface area (Å²) in [6.45, 7) is 2.07. The second-order valence-electron chi connectivity index (χ2n) is 3.16. The van der Waals surface area contributed by atoms with Crippen LogP contribution >= 0.6 is 35.1 Å². The van der Waals surface area contributed by atoms with Gasteiger partial charge in [0.05, 0.1) is 0 Å². The largest absolute Gasteiger partial charge is 0.185 e. The van der Waals surface area contributed by atoms with Gasteiger partial charge in [-0.25, -0.2) is 0 Å². The van der Waals surface area contributed by atoms with Gasteiger partial charge in [-0.3, -0.25) is 0 Å². The molecule has 4 heteroatoms. The van der Waals surface area contributed by atoms with Gasteiger partial charge in [0, 0.05) is 21.8 Å². The van der Waals surface area contributed by atoms with Crippen molar-refractivity contribution >= 4 is 35.1 Å². The Morgan fingerprint density at radius 3 is 2.67 bits per heavy atom. The molecule has 0 saturated carbocycles. The van der Waals surface area contributed by atoms with E-state index < -0.39 is 0 Å². The zero-order valence-electron chi connectivity index (χ0n) is 8.44. The minimum absolute atomic E-state index is 0.396. The molecule has 0 aliphatic rings. The Morgan fingerprint density at radius 1 is 1.40 bits per heavy atom. The third kappa shape index (κ3) is 5.36. The van der Waals surface area contributed by atoms with Crippen molar-refractivity contribution in [2.45, 2.75) is 17.9 Å². The first-order valence-corrected chi connectivity index (χ1v) is 7.00. The summed E-state index contributed by atoms with van der Waals surface area (Å²) in [7, 11) is 0. The van der Waals surface area contributed by atoms with Gasteiger partial charge in [0.25, 0.3) is 0 Å². The molecule has 0 bridgehead atoms. The molecule has 0 aromatic heterocycles. The lowest BCUT2D eigenvalue weighted by atomic mass is 10.2. The molecule has 0 amide bonds. The van der Waals surface area contributed by atoms with E-state index in [1.165, 1.54) is 17.3 Å². The molecule has 0 fully saturated rings. The van der Waals surface area contributed by atoms with Crippen molar-refractivity contribution in [3.05, 3.63) is 34.9 Å². The molecule has 0 saturated heterocycles. The Kier molecular flexibility index (Phi) is 6.00. The van der Waals surface area contributed by atoms with E-state index in [0.717, 1.165) is 16.5 Å². The molecule has 1 unspecified atom stereocenters. The first-order chi connectivity index (χ1) is 7.22. The highest BCUT2D eigenvalue weighted by Gasteiger charge is 2.02. The Bertz CT molecular complexity index is 331. The van der Waals surface area contributed by atoms with Crippen molar-refractivity contribution in [2.24, 2.45) is 0 Å². The molecule has 1 atom stereocenters. The molecular formula is C11H12ClNS2. The summed E-state index contributed by atoms with van der Waals surface area (Å²) in [5.74, 6) is 1.98. The number of halogens is 1. The molecule has 1 rings (SSSR count). The Morgan fingerprint density at radius 2 is 2.07 bits per heavy atom. The summed E-state index contributed by atoms with van der Waals surface area (Å²) in [5.41, 5.74) is 1.28. The summed E-state index contributed by atoms with van der Waals surface area (Å²) in [6, 6.07) is 7.89. The van der Waals surface area contributed by atoms with Crippen LogP contribution in [0, 0.1) is 10.7 Å². The number of benzene rings is 1. The molecular weight excluding hydrogens is 246 g/mol. The third-order valence-electron chi connectivity index (χ3n) is 1.79. The molecule has 1 aromatic carbocycles. The molecule has 15 heavy (non-hydrogen) atoms. The van der Waals surface area contributed by atoms with Gasteiger partial charge in [-0.1, -0.05) is 30.7 Å². The molecule has 0 aliphatic carbocycles. The normalized spacial score (nSPS) is 12.1. The SMILES string of the molecule is CC(CSCc1ccc(Cl)cc1)SC#N. The van der Waals surface area contributed by atoms with Crippen LogP contribution in [0.1, 0.15) is 12.5 Å². The highest BCUT2D eigenvalue weighted by atomic mass is 35.5. The van der Waals surface area contributed by atoms with Crippen molar-refractivity contribution < 1.29 is 0 Å². The van der Waals surface area contributed by atoms with E-state index >= 15 is 0 Å². The zero-order valence-corrected chi connectivity index (χ0v) is 10.8. The maximum atomic E-state index is 8.47. The minimum atomic E-state index is 0.396. The predicted octanol–water partition coefficient (Wildman–Crippen LogP) is 4.18. The van der Waals surface area contributed by atoms with Gasteiger partial charge in [0.15, 0.2) is 0 Å². The van der Waals surface area contributed by atoms with Crippen LogP contribution < -0.4 is 0 Å². The highest BCUT2D eigenvalue weighted by molar-refractivity contribution is 8.06. The zero-order chi connectivity index (χ0) is 11.1. The molecule has 0 N–H and O–H groups in total. The van der Waals surface area contributed by atoms with Crippen LogP contribution in [0.2, 0.25) is 5.02 Å². The number of nitrogens with zero attached hydrogens (tertiary/aromatic N) is 1. The van der Waals surface area contributed by atoms with E-state index in [1.54, 1.807) is 0 Å². The van der Waals surface area contributed by atoms with E-state index in [1.807, 2.05) is 36.0 Å². The van der Waals surface area contributed by atoms with Gasteiger partial charge in [0.2, 0.25) is 0 Å². The van der Waals surface area contributed by atoms with Crippen LogP contribution in [-0.2, 0) is 5.75 Å². The highest BCUT2D eigenvalue weighted by Crippen LogP contribution is 2.19. The van der Waals surface area contributed by atoms with Crippen LogP contribution in [-0.4, -0.2) is 11.0 Å². The Labute approximate surface area is 104 Å². The van der Waals surface area contributed by atoms with Crippen molar-refractivity contribution in [3.8, 4) is 5.40 Å². The predicted molar refractivity (Wildman–Crippen MR) is 70.3 cm³/mol. The molecule has 80 valence electrons. The molecule has 0 spiro atoms. The number of hydrogen-bond acceptors (Lipinski definition) is 3. The quantitative estimate of drug-likeness (QED) is 0.740. The fourth-order valence-corrected chi connectivity index (χ4v) is 2.79. The fourth-order valence-electron chi connectivity index (χ4n) is 1.05. The summed E-state index contributed by atoms with van der Waals surface area (Å²) < 4.78 is 0. The number of thiocyanates is 1. The van der Waals surface area contributed by atoms with Crippen LogP contribution in [0.25, 0.3) is 0 Å². The van der Waals surface area contributed by atoms with Crippen molar-refractivity contribution in [1.82, 2.24) is 0 Å². The van der Waals surface area contributed by atoms with E-state index in [4.69, 9.17) is 16.9 Å². The number of hydrogen-bond donors (Lipinski definition) is 0. The van der Waals surface area contributed by atoms with Crippen LogP contribution in [0.4, 0.5) is 0 Å². The first-order valence-electron chi connectivity index (χ1n) is 4.59. The van der Waals surface area contributed by atoms with Gasteiger partial charge in [0.1, 0.15) is 5.40 Å². The van der Waals surface area contributed by atoms with Crippen molar-refractivity contribution in [3.63, 3.8) is 0 Å². The molecule has 1 aromatic rings. The van der Waals surface area contributed by atoms with E-state index in [2.05, 4.69) is 12.3 Å². The monoisotopic (exact) mass is 257 g/mol. The summed E-state index contributed by atoms with van der Waals surface area (Å²) in [5, 5.41) is 11.8. The number of nitriles is 1. The third-order valence-corrected chi connectivity index (χ3v) is 4.20. The van der Waals surface area contributed by atoms with Crippen LogP contribution in [0.15, 0.2) is 24.3 Å². The standard InChI is InChI=1S/C11H12ClNS2/c1-9(15-8-13)6-14-7-10-2-4-11(12)5-3-10/h2-5,9H,6-7H2,1H3. The maximum Gasteiger partial charge on any atom is 0.133 e. The van der Waals surface area contributed by atoms with Gasteiger partial charge in [-0.2, -0.15) is 17.0 Å².